The van der Waals surface area contributed by atoms with E-state index in [4.69, 9.17) is 4.74 Å². The molecule has 0 saturated heterocycles. The minimum Gasteiger partial charge on any atom is -0.497 e. The Kier molecular flexibility index (Phi) is 8.73. The maximum Gasteiger partial charge on any atom is 0.244 e. The van der Waals surface area contributed by atoms with Gasteiger partial charge in [0.2, 0.25) is 15.9 Å². The van der Waals surface area contributed by atoms with Crippen molar-refractivity contribution in [2.45, 2.75) is 59.5 Å². The molecule has 2 atom stereocenters. The van der Waals surface area contributed by atoms with Crippen molar-refractivity contribution in [3.8, 4) is 5.75 Å². The van der Waals surface area contributed by atoms with Crippen molar-refractivity contribution in [2.24, 2.45) is 5.92 Å². The molecule has 0 aliphatic rings. The van der Waals surface area contributed by atoms with Gasteiger partial charge < -0.3 is 10.1 Å². The Morgan fingerprint density at radius 1 is 1.06 bits per heavy atom. The Hall–Kier alpha value is -2.54. The summed E-state index contributed by atoms with van der Waals surface area (Å²) in [5, 5.41) is 3.12. The lowest BCUT2D eigenvalue weighted by molar-refractivity contribution is -0.123. The molecule has 176 valence electrons. The van der Waals surface area contributed by atoms with Crippen LogP contribution in [0.1, 0.15) is 56.3 Å². The van der Waals surface area contributed by atoms with Gasteiger partial charge >= 0.3 is 0 Å². The molecule has 7 heteroatoms. The molecule has 32 heavy (non-hydrogen) atoms. The Morgan fingerprint density at radius 3 is 2.16 bits per heavy atom. The van der Waals surface area contributed by atoms with Crippen LogP contribution in [0.5, 0.6) is 5.75 Å². The predicted octanol–water partition coefficient (Wildman–Crippen LogP) is 4.76. The summed E-state index contributed by atoms with van der Waals surface area (Å²) in [6.07, 6.45) is 2.23. The van der Waals surface area contributed by atoms with E-state index in [-0.39, 0.29) is 11.9 Å². The molecule has 0 spiro atoms. The number of rotatable bonds is 10. The molecule has 6 nitrogen and oxygen atoms in total. The number of hydrogen-bond acceptors (Lipinski definition) is 4. The van der Waals surface area contributed by atoms with E-state index in [0.717, 1.165) is 35.1 Å². The Bertz CT molecular complexity index is 1020. The fraction of sp³-hybridized carbons (Fsp3) is 0.480. The van der Waals surface area contributed by atoms with Gasteiger partial charge in [-0.3, -0.25) is 9.10 Å². The molecule has 2 aromatic carbocycles. The molecule has 1 N–H and O–H groups in total. The first-order valence-electron chi connectivity index (χ1n) is 11.0. The molecule has 0 aromatic heterocycles. The molecule has 2 rings (SSSR count). The van der Waals surface area contributed by atoms with E-state index in [2.05, 4.69) is 19.2 Å². The third-order valence-electron chi connectivity index (χ3n) is 5.62. The average Bonchev–Trinajstić information content (AvgIpc) is 2.72. The summed E-state index contributed by atoms with van der Waals surface area (Å²) in [6.45, 7) is 9.92. The zero-order valence-electron chi connectivity index (χ0n) is 20.2. The second kappa shape index (κ2) is 10.9. The molecule has 2 aromatic rings. The van der Waals surface area contributed by atoms with E-state index in [1.807, 2.05) is 57.2 Å². The van der Waals surface area contributed by atoms with E-state index >= 15 is 0 Å². The van der Waals surface area contributed by atoms with Crippen molar-refractivity contribution in [2.75, 3.05) is 17.7 Å². The Morgan fingerprint density at radius 2 is 1.69 bits per heavy atom. The first kappa shape index (κ1) is 25.7. The monoisotopic (exact) mass is 460 g/mol. The maximum atomic E-state index is 13.4. The van der Waals surface area contributed by atoms with Crippen LogP contribution in [-0.4, -0.2) is 33.7 Å². The number of anilines is 1. The van der Waals surface area contributed by atoms with E-state index in [1.165, 1.54) is 4.31 Å². The van der Waals surface area contributed by atoms with Crippen LogP contribution in [0.25, 0.3) is 0 Å². The molecular formula is C25H36N2O4S. The van der Waals surface area contributed by atoms with Crippen LogP contribution >= 0.6 is 0 Å². The van der Waals surface area contributed by atoms with Crippen LogP contribution in [0.4, 0.5) is 5.69 Å². The quantitative estimate of drug-likeness (QED) is 0.555. The predicted molar refractivity (Wildman–Crippen MR) is 131 cm³/mol. The third-order valence-corrected chi connectivity index (χ3v) is 6.80. The van der Waals surface area contributed by atoms with Crippen molar-refractivity contribution in [3.63, 3.8) is 0 Å². The second-order valence-electron chi connectivity index (χ2n) is 8.72. The SMILES string of the molecule is CC[C@@H](C(=O)N[C@@H](CC(C)C)c1ccc(OC)cc1)N(c1ccc(C)c(C)c1)S(C)(=O)=O. The van der Waals surface area contributed by atoms with Gasteiger partial charge in [-0.2, -0.15) is 0 Å². The number of sulfonamides is 1. The third kappa shape index (κ3) is 6.48. The van der Waals surface area contributed by atoms with Gasteiger partial charge in [-0.15, -0.1) is 0 Å². The fourth-order valence-corrected chi connectivity index (χ4v) is 4.98. The molecule has 0 unspecified atom stereocenters. The zero-order valence-corrected chi connectivity index (χ0v) is 21.0. The number of amides is 1. The molecular weight excluding hydrogens is 424 g/mol. The summed E-state index contributed by atoms with van der Waals surface area (Å²) in [5.74, 6) is 0.777. The topological polar surface area (TPSA) is 75.7 Å². The Labute approximate surface area is 193 Å². The van der Waals surface area contributed by atoms with E-state index in [0.29, 0.717) is 18.0 Å². The Balaban J connectivity index is 2.40. The van der Waals surface area contributed by atoms with Crippen molar-refractivity contribution in [1.82, 2.24) is 5.32 Å². The number of nitrogens with zero attached hydrogens (tertiary/aromatic N) is 1. The summed E-state index contributed by atoms with van der Waals surface area (Å²) >= 11 is 0. The highest BCUT2D eigenvalue weighted by Crippen LogP contribution is 2.27. The first-order valence-corrected chi connectivity index (χ1v) is 12.8. The smallest absolute Gasteiger partial charge is 0.244 e. The number of aryl methyl sites for hydroxylation is 2. The molecule has 0 aliphatic heterocycles. The van der Waals surface area contributed by atoms with Crippen LogP contribution in [0.2, 0.25) is 0 Å². The largest absolute Gasteiger partial charge is 0.497 e. The minimum atomic E-state index is -3.68. The maximum absolute atomic E-state index is 13.4. The number of methoxy groups -OCH3 is 1. The number of carbonyl (C=O) groups is 1. The number of hydrogen-bond donors (Lipinski definition) is 1. The molecule has 1 amide bonds. The highest BCUT2D eigenvalue weighted by molar-refractivity contribution is 7.92. The van der Waals surface area contributed by atoms with E-state index < -0.39 is 16.1 Å². The summed E-state index contributed by atoms with van der Waals surface area (Å²) in [4.78, 5) is 13.4. The van der Waals surface area contributed by atoms with Gasteiger partial charge in [0.05, 0.1) is 25.1 Å². The van der Waals surface area contributed by atoms with Crippen molar-refractivity contribution >= 4 is 21.6 Å². The number of ether oxygens (including phenoxy) is 1. The summed E-state index contributed by atoms with van der Waals surface area (Å²) in [6, 6.07) is 12.0. The lowest BCUT2D eigenvalue weighted by Gasteiger charge is -2.32. The van der Waals surface area contributed by atoms with Gasteiger partial charge in [0.1, 0.15) is 11.8 Å². The summed E-state index contributed by atoms with van der Waals surface area (Å²) < 4.78 is 32.0. The van der Waals surface area contributed by atoms with Crippen molar-refractivity contribution < 1.29 is 17.9 Å². The van der Waals surface area contributed by atoms with Gasteiger partial charge in [0, 0.05) is 0 Å². The van der Waals surface area contributed by atoms with Crippen molar-refractivity contribution in [3.05, 3.63) is 59.2 Å². The number of benzene rings is 2. The molecule has 0 saturated carbocycles. The lowest BCUT2D eigenvalue weighted by atomic mass is 9.96. The first-order chi connectivity index (χ1) is 15.0. The fourth-order valence-electron chi connectivity index (χ4n) is 3.78. The second-order valence-corrected chi connectivity index (χ2v) is 10.6. The van der Waals surface area contributed by atoms with Crippen LogP contribution in [0, 0.1) is 19.8 Å². The van der Waals surface area contributed by atoms with Crippen LogP contribution < -0.4 is 14.4 Å². The van der Waals surface area contributed by atoms with Gasteiger partial charge in [-0.1, -0.05) is 39.0 Å². The number of nitrogens with one attached hydrogen (secondary N) is 1. The van der Waals surface area contributed by atoms with E-state index in [1.54, 1.807) is 13.2 Å². The summed E-state index contributed by atoms with van der Waals surface area (Å²) in [7, 11) is -2.07. The zero-order chi connectivity index (χ0) is 24.1. The molecule has 0 fully saturated rings. The minimum absolute atomic E-state index is 0.233. The molecule has 0 bridgehead atoms. The number of carbonyl (C=O) groups excluding carboxylic acids is 1. The lowest BCUT2D eigenvalue weighted by Crippen LogP contribution is -2.50. The molecule has 0 heterocycles. The highest BCUT2D eigenvalue weighted by Gasteiger charge is 2.33. The average molecular weight is 461 g/mol. The van der Waals surface area contributed by atoms with Gasteiger partial charge in [-0.25, -0.2) is 8.42 Å². The molecule has 0 radical (unpaired) electrons. The van der Waals surface area contributed by atoms with Crippen LogP contribution in [0.15, 0.2) is 42.5 Å². The van der Waals surface area contributed by atoms with E-state index in [9.17, 15) is 13.2 Å². The highest BCUT2D eigenvalue weighted by atomic mass is 32.2. The van der Waals surface area contributed by atoms with Crippen molar-refractivity contribution in [1.29, 1.82) is 0 Å². The van der Waals surface area contributed by atoms with Crippen LogP contribution in [-0.2, 0) is 14.8 Å². The van der Waals surface area contributed by atoms with Crippen LogP contribution in [0.3, 0.4) is 0 Å². The van der Waals surface area contributed by atoms with Gasteiger partial charge in [-0.05, 0) is 73.6 Å². The normalized spacial score (nSPS) is 13.5. The summed E-state index contributed by atoms with van der Waals surface area (Å²) in [5.41, 5.74) is 3.50. The van der Waals surface area contributed by atoms with Gasteiger partial charge in [0.15, 0.2) is 0 Å². The standard InChI is InChI=1S/C25H36N2O4S/c1-8-24(27(32(7,29)30)21-12-9-18(4)19(5)16-21)25(28)26-23(15-17(2)3)20-10-13-22(31-6)14-11-20/h9-14,16-17,23-24H,8,15H2,1-7H3,(H,26,28)/t23-,24-/m0/s1. The van der Waals surface area contributed by atoms with Gasteiger partial charge in [0.25, 0.3) is 0 Å². The molecule has 0 aliphatic carbocycles.